The third-order valence-electron chi connectivity index (χ3n) is 3.49. The van der Waals surface area contributed by atoms with Crippen LogP contribution >= 0.6 is 23.2 Å². The van der Waals surface area contributed by atoms with E-state index in [-0.39, 0.29) is 24.4 Å². The van der Waals surface area contributed by atoms with Crippen LogP contribution in [-0.2, 0) is 11.8 Å². The van der Waals surface area contributed by atoms with Crippen molar-refractivity contribution in [3.63, 3.8) is 0 Å². The van der Waals surface area contributed by atoms with Crippen LogP contribution < -0.4 is 0 Å². The molecule has 1 atom stereocenters. The fourth-order valence-corrected chi connectivity index (χ4v) is 2.47. The van der Waals surface area contributed by atoms with Crippen LogP contribution in [0, 0.1) is 0 Å². The molecule has 7 heteroatoms. The van der Waals surface area contributed by atoms with Gasteiger partial charge in [-0.25, -0.2) is 0 Å². The minimum absolute atomic E-state index is 0.00332. The molecule has 1 aliphatic heterocycles. The molecule has 0 aliphatic carbocycles. The Labute approximate surface area is 121 Å². The first kappa shape index (κ1) is 14.2. The second kappa shape index (κ2) is 5.06. The number of hydrogen-bond acceptors (Lipinski definition) is 2. The van der Waals surface area contributed by atoms with E-state index in [1.165, 1.54) is 15.5 Å². The fraction of sp³-hybridized carbons (Fsp3) is 0.500. The number of likely N-dealkylation sites (N-methyl/N-ethyl adjacent to an activating group) is 1. The van der Waals surface area contributed by atoms with Gasteiger partial charge in [0, 0.05) is 26.7 Å². The number of halogens is 2. The molecule has 2 heterocycles. The molecule has 1 aromatic heterocycles. The molecule has 1 fully saturated rings. The predicted molar refractivity (Wildman–Crippen MR) is 73.6 cm³/mol. The van der Waals surface area contributed by atoms with Crippen LogP contribution in [0.25, 0.3) is 0 Å². The van der Waals surface area contributed by atoms with Gasteiger partial charge in [0.25, 0.3) is 5.91 Å². The molecule has 0 radical (unpaired) electrons. The van der Waals surface area contributed by atoms with E-state index >= 15 is 0 Å². The number of amides is 2. The minimum Gasteiger partial charge on any atom is -0.340 e. The predicted octanol–water partition coefficient (Wildman–Crippen LogP) is 1.63. The number of carbonyl (C=O) groups excluding carboxylic acids is 2. The number of rotatable bonds is 1. The molecular weight excluding hydrogens is 289 g/mol. The topological polar surface area (TPSA) is 45.6 Å². The van der Waals surface area contributed by atoms with Crippen LogP contribution in [0.15, 0.2) is 6.07 Å². The lowest BCUT2D eigenvalue weighted by atomic mass is 10.2. The largest absolute Gasteiger partial charge is 0.340 e. The molecule has 5 nitrogen and oxygen atoms in total. The van der Waals surface area contributed by atoms with E-state index in [2.05, 4.69) is 0 Å². The highest BCUT2D eigenvalue weighted by Gasteiger charge is 2.31. The van der Waals surface area contributed by atoms with Crippen molar-refractivity contribution in [2.45, 2.75) is 13.0 Å². The maximum absolute atomic E-state index is 12.4. The average Bonchev–Trinajstić information content (AvgIpc) is 2.62. The molecule has 1 aromatic rings. The molecule has 1 unspecified atom stereocenters. The summed E-state index contributed by atoms with van der Waals surface area (Å²) < 4.78 is 1.53. The highest BCUT2D eigenvalue weighted by Crippen LogP contribution is 2.26. The molecule has 1 saturated heterocycles. The lowest BCUT2D eigenvalue weighted by Crippen LogP contribution is -2.55. The summed E-state index contributed by atoms with van der Waals surface area (Å²) in [6, 6.07) is 1.52. The van der Waals surface area contributed by atoms with Crippen molar-refractivity contribution in [1.82, 2.24) is 14.4 Å². The Morgan fingerprint density at radius 1 is 1.37 bits per heavy atom. The fourth-order valence-electron chi connectivity index (χ4n) is 2.09. The van der Waals surface area contributed by atoms with Gasteiger partial charge in [-0.2, -0.15) is 0 Å². The Balaban J connectivity index is 2.25. The zero-order valence-corrected chi connectivity index (χ0v) is 12.5. The third-order valence-corrected chi connectivity index (χ3v) is 4.33. The van der Waals surface area contributed by atoms with E-state index in [1.807, 2.05) is 6.92 Å². The molecule has 104 valence electrons. The molecule has 1 aliphatic rings. The summed E-state index contributed by atoms with van der Waals surface area (Å²) >= 11 is 11.8. The first-order valence-electron chi connectivity index (χ1n) is 5.88. The summed E-state index contributed by atoms with van der Waals surface area (Å²) in [6.07, 6.45) is 0. The summed E-state index contributed by atoms with van der Waals surface area (Å²) in [5, 5.41) is 0.652. The lowest BCUT2D eigenvalue weighted by Gasteiger charge is -2.37. The van der Waals surface area contributed by atoms with Gasteiger partial charge in [0.05, 0.1) is 5.02 Å². The molecule has 19 heavy (non-hydrogen) atoms. The average molecular weight is 304 g/mol. The quantitative estimate of drug-likeness (QED) is 0.792. The Kier molecular flexibility index (Phi) is 3.78. The lowest BCUT2D eigenvalue weighted by molar-refractivity contribution is -0.136. The number of hydrogen-bond donors (Lipinski definition) is 0. The van der Waals surface area contributed by atoms with Gasteiger partial charge >= 0.3 is 0 Å². The summed E-state index contributed by atoms with van der Waals surface area (Å²) in [6.45, 7) is 2.49. The van der Waals surface area contributed by atoms with Crippen molar-refractivity contribution < 1.29 is 9.59 Å². The van der Waals surface area contributed by atoms with Crippen LogP contribution in [0.2, 0.25) is 10.2 Å². The Morgan fingerprint density at radius 3 is 2.47 bits per heavy atom. The second-order valence-corrected chi connectivity index (χ2v) is 5.53. The zero-order chi connectivity index (χ0) is 14.3. The number of nitrogens with zero attached hydrogens (tertiary/aromatic N) is 3. The highest BCUT2D eigenvalue weighted by atomic mass is 35.5. The van der Waals surface area contributed by atoms with Crippen molar-refractivity contribution in [3.8, 4) is 0 Å². The molecule has 0 bridgehead atoms. The number of piperazine rings is 1. The smallest absolute Gasteiger partial charge is 0.271 e. The van der Waals surface area contributed by atoms with E-state index in [0.717, 1.165) is 0 Å². The van der Waals surface area contributed by atoms with E-state index in [9.17, 15) is 9.59 Å². The summed E-state index contributed by atoms with van der Waals surface area (Å²) in [5.74, 6) is -0.303. The van der Waals surface area contributed by atoms with Gasteiger partial charge in [-0.3, -0.25) is 9.59 Å². The van der Waals surface area contributed by atoms with E-state index in [1.54, 1.807) is 19.0 Å². The van der Waals surface area contributed by atoms with Crippen molar-refractivity contribution >= 4 is 35.0 Å². The van der Waals surface area contributed by atoms with Crippen molar-refractivity contribution in [2.24, 2.45) is 7.05 Å². The standard InChI is InChI=1S/C12H15Cl2N3O2/c1-7-5-17(6-10(18)15(7)2)12(19)9-4-8(13)11(14)16(9)3/h4,7H,5-6H2,1-3H3. The molecule has 0 saturated carbocycles. The van der Waals surface area contributed by atoms with Crippen molar-refractivity contribution in [2.75, 3.05) is 20.1 Å². The van der Waals surface area contributed by atoms with Gasteiger partial charge in [0.15, 0.2) is 0 Å². The SMILES string of the molecule is CC1CN(C(=O)c2cc(Cl)c(Cl)n2C)CC(=O)N1C. The Hall–Kier alpha value is -1.20. The first-order chi connectivity index (χ1) is 8.82. The van der Waals surface area contributed by atoms with Gasteiger partial charge in [0.2, 0.25) is 5.91 Å². The molecule has 0 spiro atoms. The van der Waals surface area contributed by atoms with Crippen LogP contribution in [0.3, 0.4) is 0 Å². The van der Waals surface area contributed by atoms with Crippen LogP contribution in [0.1, 0.15) is 17.4 Å². The van der Waals surface area contributed by atoms with Crippen LogP contribution in [0.5, 0.6) is 0 Å². The summed E-state index contributed by atoms with van der Waals surface area (Å²) in [4.78, 5) is 27.4. The monoisotopic (exact) mass is 303 g/mol. The maximum Gasteiger partial charge on any atom is 0.271 e. The van der Waals surface area contributed by atoms with Crippen LogP contribution in [0.4, 0.5) is 0 Å². The number of aromatic nitrogens is 1. The van der Waals surface area contributed by atoms with Gasteiger partial charge in [-0.1, -0.05) is 23.2 Å². The normalized spacial score (nSPS) is 20.1. The van der Waals surface area contributed by atoms with Gasteiger partial charge < -0.3 is 14.4 Å². The summed E-state index contributed by atoms with van der Waals surface area (Å²) in [5.41, 5.74) is 0.388. The van der Waals surface area contributed by atoms with Crippen LogP contribution in [-0.4, -0.2) is 52.4 Å². The molecule has 0 aromatic carbocycles. The minimum atomic E-state index is -0.232. The second-order valence-electron chi connectivity index (χ2n) is 4.77. The molecule has 2 amide bonds. The highest BCUT2D eigenvalue weighted by molar-refractivity contribution is 6.41. The van der Waals surface area contributed by atoms with Gasteiger partial charge in [0.1, 0.15) is 17.4 Å². The van der Waals surface area contributed by atoms with Crippen molar-refractivity contribution in [1.29, 1.82) is 0 Å². The molecular formula is C12H15Cl2N3O2. The molecule has 0 N–H and O–H groups in total. The zero-order valence-electron chi connectivity index (χ0n) is 11.0. The summed E-state index contributed by atoms with van der Waals surface area (Å²) in [7, 11) is 3.41. The maximum atomic E-state index is 12.4. The van der Waals surface area contributed by atoms with E-state index in [4.69, 9.17) is 23.2 Å². The first-order valence-corrected chi connectivity index (χ1v) is 6.64. The Morgan fingerprint density at radius 2 is 2.00 bits per heavy atom. The Bertz CT molecular complexity index is 541. The van der Waals surface area contributed by atoms with Gasteiger partial charge in [-0.15, -0.1) is 0 Å². The van der Waals surface area contributed by atoms with Gasteiger partial charge in [-0.05, 0) is 13.0 Å². The number of carbonyl (C=O) groups is 2. The molecule has 2 rings (SSSR count). The van der Waals surface area contributed by atoms with E-state index in [0.29, 0.717) is 22.4 Å². The third kappa shape index (κ3) is 2.44. The van der Waals surface area contributed by atoms with Crippen molar-refractivity contribution in [3.05, 3.63) is 21.9 Å². The van der Waals surface area contributed by atoms with E-state index < -0.39 is 0 Å².